The van der Waals surface area contributed by atoms with Crippen LogP contribution in [-0.4, -0.2) is 27.9 Å². The van der Waals surface area contributed by atoms with Crippen LogP contribution in [-0.2, 0) is 20.9 Å². The summed E-state index contributed by atoms with van der Waals surface area (Å²) in [5, 5.41) is 0. The number of hydrogen-bond acceptors (Lipinski definition) is 4. The van der Waals surface area contributed by atoms with Crippen molar-refractivity contribution in [3.63, 3.8) is 0 Å². The van der Waals surface area contributed by atoms with Gasteiger partial charge in [0.15, 0.2) is 11.5 Å². The van der Waals surface area contributed by atoms with Crippen LogP contribution >= 0.6 is 0 Å². The summed E-state index contributed by atoms with van der Waals surface area (Å²) in [5.74, 6) is 1.65. The third-order valence-corrected chi connectivity index (χ3v) is 6.27. The van der Waals surface area contributed by atoms with Crippen LogP contribution in [0.1, 0.15) is 51.7 Å². The molecule has 0 bridgehead atoms. The lowest BCUT2D eigenvalue weighted by molar-refractivity contribution is 0.171. The van der Waals surface area contributed by atoms with Gasteiger partial charge in [-0.05, 0) is 59.1 Å². The maximum atomic E-state index is 11.4. The van der Waals surface area contributed by atoms with E-state index in [0.717, 1.165) is 30.6 Å². The van der Waals surface area contributed by atoms with Gasteiger partial charge in [-0.2, -0.15) is 0 Å². The van der Waals surface area contributed by atoms with Crippen molar-refractivity contribution in [1.29, 1.82) is 0 Å². The lowest BCUT2D eigenvalue weighted by Crippen LogP contribution is -2.25. The second-order valence-corrected chi connectivity index (χ2v) is 10.8. The summed E-state index contributed by atoms with van der Waals surface area (Å²) >= 11 is 0. The molecule has 2 aromatic rings. The Morgan fingerprint density at radius 1 is 0.828 bits per heavy atom. The Kier molecular flexibility index (Phi) is 5.86. The summed E-state index contributed by atoms with van der Waals surface area (Å²) in [5.41, 5.74) is 2.98. The van der Waals surface area contributed by atoms with E-state index >= 15 is 0 Å². The zero-order chi connectivity index (χ0) is 21.3. The number of ether oxygens (including phenoxy) is 2. The molecule has 1 aliphatic rings. The van der Waals surface area contributed by atoms with Crippen LogP contribution < -0.4 is 14.2 Å². The Morgan fingerprint density at radius 3 is 1.93 bits per heavy atom. The Bertz CT molecular complexity index is 963. The molecule has 0 spiro atoms. The predicted octanol–water partition coefficient (Wildman–Crippen LogP) is 4.86. The van der Waals surface area contributed by atoms with Gasteiger partial charge in [0, 0.05) is 5.69 Å². The van der Waals surface area contributed by atoms with Gasteiger partial charge in [0.05, 0.1) is 6.26 Å². The van der Waals surface area contributed by atoms with Crippen molar-refractivity contribution in [3.05, 3.63) is 53.6 Å². The second kappa shape index (κ2) is 7.90. The van der Waals surface area contributed by atoms with Gasteiger partial charge in [-0.15, -0.1) is 0 Å². The molecule has 5 nitrogen and oxygen atoms in total. The molecule has 2 aromatic carbocycles. The van der Waals surface area contributed by atoms with Crippen molar-refractivity contribution >= 4 is 15.7 Å². The first-order valence-corrected chi connectivity index (χ1v) is 11.8. The second-order valence-electron chi connectivity index (χ2n) is 9.08. The number of sulfonamides is 1. The molecule has 29 heavy (non-hydrogen) atoms. The van der Waals surface area contributed by atoms with Crippen molar-refractivity contribution < 1.29 is 17.9 Å². The van der Waals surface area contributed by atoms with E-state index in [4.69, 9.17) is 9.47 Å². The maximum Gasteiger partial charge on any atom is 0.229 e. The van der Waals surface area contributed by atoms with Crippen molar-refractivity contribution in [2.24, 2.45) is 0 Å². The topological polar surface area (TPSA) is 64.6 Å². The first kappa shape index (κ1) is 21.5. The minimum atomic E-state index is -3.26. The molecule has 0 saturated heterocycles. The minimum Gasteiger partial charge on any atom is -0.486 e. The van der Waals surface area contributed by atoms with Crippen molar-refractivity contribution in [3.8, 4) is 11.5 Å². The van der Waals surface area contributed by atoms with Crippen molar-refractivity contribution in [1.82, 2.24) is 0 Å². The van der Waals surface area contributed by atoms with E-state index < -0.39 is 10.0 Å². The number of nitrogens with one attached hydrogen (secondary N) is 1. The average Bonchev–Trinajstić information content (AvgIpc) is 2.65. The van der Waals surface area contributed by atoms with Crippen LogP contribution in [0, 0.1) is 0 Å². The largest absolute Gasteiger partial charge is 0.486 e. The molecule has 158 valence electrons. The van der Waals surface area contributed by atoms with E-state index in [0.29, 0.717) is 18.9 Å². The summed E-state index contributed by atoms with van der Waals surface area (Å²) in [4.78, 5) is 0. The van der Waals surface area contributed by atoms with E-state index in [-0.39, 0.29) is 10.8 Å². The Morgan fingerprint density at radius 2 is 1.34 bits per heavy atom. The van der Waals surface area contributed by atoms with E-state index in [9.17, 15) is 8.42 Å². The molecule has 6 heteroatoms. The molecule has 0 atom stereocenters. The smallest absolute Gasteiger partial charge is 0.229 e. The average molecular weight is 418 g/mol. The molecule has 0 aliphatic carbocycles. The molecule has 1 heterocycles. The zero-order valence-electron chi connectivity index (χ0n) is 17.9. The highest BCUT2D eigenvalue weighted by Crippen LogP contribution is 2.39. The van der Waals surface area contributed by atoms with Crippen LogP contribution in [0.3, 0.4) is 0 Å². The highest BCUT2D eigenvalue weighted by molar-refractivity contribution is 7.92. The monoisotopic (exact) mass is 417 g/mol. The first-order valence-electron chi connectivity index (χ1n) is 9.95. The molecule has 1 aliphatic heterocycles. The molecule has 0 radical (unpaired) electrons. The molecule has 0 unspecified atom stereocenters. The number of rotatable bonds is 7. The molecular weight excluding hydrogens is 386 g/mol. The van der Waals surface area contributed by atoms with Gasteiger partial charge >= 0.3 is 0 Å². The van der Waals surface area contributed by atoms with E-state index in [1.165, 1.54) is 11.1 Å². The van der Waals surface area contributed by atoms with Crippen LogP contribution in [0.2, 0.25) is 0 Å². The van der Waals surface area contributed by atoms with E-state index in [1.54, 1.807) is 0 Å². The number of anilines is 1. The van der Waals surface area contributed by atoms with Gasteiger partial charge in [-0.25, -0.2) is 8.42 Å². The van der Waals surface area contributed by atoms with Crippen LogP contribution in [0.15, 0.2) is 42.5 Å². The van der Waals surface area contributed by atoms with Gasteiger partial charge in [0.25, 0.3) is 0 Å². The van der Waals surface area contributed by atoms with Gasteiger partial charge in [-0.1, -0.05) is 45.9 Å². The van der Waals surface area contributed by atoms with Gasteiger partial charge in [-0.3, -0.25) is 4.72 Å². The number of fused-ring (bicyclic) bond motifs is 1. The summed E-state index contributed by atoms with van der Waals surface area (Å²) in [6.45, 7) is 10.2. The highest BCUT2D eigenvalue weighted by Gasteiger charge is 2.28. The normalized spacial score (nSPS) is 14.5. The maximum absolute atomic E-state index is 11.4. The minimum absolute atomic E-state index is 0.00904. The van der Waals surface area contributed by atoms with Crippen molar-refractivity contribution in [2.75, 3.05) is 24.2 Å². The SMILES string of the molecule is CC(C)(CCC(C)(C)c1ccc2c(c1)OCCO2)c1ccc(NS(C)(=O)=O)cc1. The molecular formula is C23H31NO4S. The molecule has 0 fully saturated rings. The quantitative estimate of drug-likeness (QED) is 0.698. The van der Waals surface area contributed by atoms with Crippen LogP contribution in [0.25, 0.3) is 0 Å². The van der Waals surface area contributed by atoms with Crippen LogP contribution in [0.4, 0.5) is 5.69 Å². The summed E-state index contributed by atoms with van der Waals surface area (Å²) < 4.78 is 36.7. The zero-order valence-corrected chi connectivity index (χ0v) is 18.7. The van der Waals surface area contributed by atoms with Gasteiger partial charge in [0.1, 0.15) is 13.2 Å². The Balaban J connectivity index is 1.70. The standard InChI is InChI=1S/C23H31NO4S/c1-22(2,17-6-9-19(10-7-17)24-29(5,25)26)12-13-23(3,4)18-8-11-20-21(16-18)28-15-14-27-20/h6-11,16,24H,12-15H2,1-5H3. The van der Waals surface area contributed by atoms with Gasteiger partial charge in [0.2, 0.25) is 10.0 Å². The van der Waals surface area contributed by atoms with Gasteiger partial charge < -0.3 is 9.47 Å². The lowest BCUT2D eigenvalue weighted by atomic mass is 9.73. The summed E-state index contributed by atoms with van der Waals surface area (Å²) in [6, 6.07) is 13.9. The molecule has 0 saturated carbocycles. The third kappa shape index (κ3) is 5.44. The van der Waals surface area contributed by atoms with Crippen molar-refractivity contribution in [2.45, 2.75) is 51.4 Å². The third-order valence-electron chi connectivity index (χ3n) is 5.67. The molecule has 3 rings (SSSR count). The fourth-order valence-electron chi connectivity index (χ4n) is 3.58. The number of hydrogen-bond donors (Lipinski definition) is 1. The van der Waals surface area contributed by atoms with E-state index in [1.807, 2.05) is 30.3 Å². The summed E-state index contributed by atoms with van der Waals surface area (Å²) in [6.07, 6.45) is 3.15. The Hall–Kier alpha value is -2.21. The highest BCUT2D eigenvalue weighted by atomic mass is 32.2. The number of benzene rings is 2. The summed E-state index contributed by atoms with van der Waals surface area (Å²) in [7, 11) is -3.26. The molecule has 0 amide bonds. The molecule has 1 N–H and O–H groups in total. The van der Waals surface area contributed by atoms with Crippen LogP contribution in [0.5, 0.6) is 11.5 Å². The Labute approximate surface area is 174 Å². The lowest BCUT2D eigenvalue weighted by Gasteiger charge is -2.33. The van der Waals surface area contributed by atoms with E-state index in [2.05, 4.69) is 44.5 Å². The predicted molar refractivity (Wildman–Crippen MR) is 118 cm³/mol. The first-order chi connectivity index (χ1) is 13.5. The fourth-order valence-corrected chi connectivity index (χ4v) is 4.15. The molecule has 0 aromatic heterocycles. The fraction of sp³-hybridized carbons (Fsp3) is 0.478.